The molecule has 0 radical (unpaired) electrons. The highest BCUT2D eigenvalue weighted by molar-refractivity contribution is 7.10. The number of rotatable bonds is 5. The van der Waals surface area contributed by atoms with Gasteiger partial charge in [-0.15, -0.1) is 11.3 Å². The zero-order valence-electron chi connectivity index (χ0n) is 15.7. The lowest BCUT2D eigenvalue weighted by atomic mass is 10.2. The highest BCUT2D eigenvalue weighted by Gasteiger charge is 2.21. The molecule has 0 atom stereocenters. The lowest BCUT2D eigenvalue weighted by Crippen LogP contribution is -2.27. The highest BCUT2D eigenvalue weighted by atomic mass is 32.1. The molecule has 144 valence electrons. The Morgan fingerprint density at radius 2 is 1.96 bits per heavy atom. The molecule has 4 rings (SSSR count). The summed E-state index contributed by atoms with van der Waals surface area (Å²) in [5.41, 5.74) is 4.16. The van der Waals surface area contributed by atoms with Crippen molar-refractivity contribution >= 4 is 28.8 Å². The average molecular weight is 395 g/mol. The quantitative estimate of drug-likeness (QED) is 0.690. The maximum absolute atomic E-state index is 12.5. The van der Waals surface area contributed by atoms with Gasteiger partial charge in [-0.2, -0.15) is 0 Å². The minimum atomic E-state index is -0.0938. The SMILES string of the molecule is Cc1ccc(NC(=O)Cc2nc(-c3c[nH]c(C(=O)N4CCCC4)c3)cs2)cc1. The number of carbonyl (C=O) groups is 2. The molecule has 0 spiro atoms. The van der Waals surface area contributed by atoms with Gasteiger partial charge in [-0.3, -0.25) is 9.59 Å². The van der Waals surface area contributed by atoms with Crippen LogP contribution in [-0.4, -0.2) is 39.8 Å². The van der Waals surface area contributed by atoms with Crippen LogP contribution in [0, 0.1) is 6.92 Å². The smallest absolute Gasteiger partial charge is 0.270 e. The molecular formula is C21H22N4O2S. The summed E-state index contributed by atoms with van der Waals surface area (Å²) < 4.78 is 0. The second-order valence-electron chi connectivity index (χ2n) is 7.02. The maximum atomic E-state index is 12.5. The average Bonchev–Trinajstić information content (AvgIpc) is 3.44. The van der Waals surface area contributed by atoms with Crippen molar-refractivity contribution in [1.29, 1.82) is 0 Å². The third kappa shape index (κ3) is 4.14. The Bertz CT molecular complexity index is 984. The molecule has 28 heavy (non-hydrogen) atoms. The number of benzene rings is 1. The van der Waals surface area contributed by atoms with E-state index in [0.29, 0.717) is 5.69 Å². The van der Waals surface area contributed by atoms with E-state index in [1.165, 1.54) is 11.3 Å². The minimum absolute atomic E-state index is 0.0386. The number of thiazole rings is 1. The second kappa shape index (κ2) is 7.98. The lowest BCUT2D eigenvalue weighted by molar-refractivity contribution is -0.115. The summed E-state index contributed by atoms with van der Waals surface area (Å²) in [5.74, 6) is -0.0552. The van der Waals surface area contributed by atoms with Gasteiger partial charge in [0.15, 0.2) is 0 Å². The first-order chi connectivity index (χ1) is 13.6. The number of nitrogens with one attached hydrogen (secondary N) is 2. The van der Waals surface area contributed by atoms with E-state index in [1.807, 2.05) is 47.5 Å². The van der Waals surface area contributed by atoms with Crippen molar-refractivity contribution in [1.82, 2.24) is 14.9 Å². The molecule has 1 aromatic carbocycles. The fraction of sp³-hybridized carbons (Fsp3) is 0.286. The van der Waals surface area contributed by atoms with Crippen molar-refractivity contribution in [3.8, 4) is 11.3 Å². The molecule has 6 nitrogen and oxygen atoms in total. The van der Waals surface area contributed by atoms with Gasteiger partial charge in [0, 0.05) is 35.9 Å². The largest absolute Gasteiger partial charge is 0.357 e. The van der Waals surface area contributed by atoms with Crippen LogP contribution < -0.4 is 5.32 Å². The van der Waals surface area contributed by atoms with Gasteiger partial charge in [-0.05, 0) is 38.0 Å². The molecule has 7 heteroatoms. The van der Waals surface area contributed by atoms with Crippen LogP contribution in [-0.2, 0) is 11.2 Å². The van der Waals surface area contributed by atoms with Crippen LogP contribution in [0.3, 0.4) is 0 Å². The predicted molar refractivity (Wildman–Crippen MR) is 111 cm³/mol. The van der Waals surface area contributed by atoms with Gasteiger partial charge in [0.25, 0.3) is 5.91 Å². The third-order valence-electron chi connectivity index (χ3n) is 4.80. The molecule has 0 bridgehead atoms. The Morgan fingerprint density at radius 1 is 1.21 bits per heavy atom. The number of anilines is 1. The molecular weight excluding hydrogens is 372 g/mol. The standard InChI is InChI=1S/C21H22N4O2S/c1-14-4-6-16(7-5-14)23-19(26)11-20-24-18(13-28-20)15-10-17(22-12-15)21(27)25-8-2-3-9-25/h4-7,10,12-13,22H,2-3,8-9,11H2,1H3,(H,23,26). The van der Waals surface area contributed by atoms with E-state index < -0.39 is 0 Å². The molecule has 0 unspecified atom stereocenters. The summed E-state index contributed by atoms with van der Waals surface area (Å²) in [6.45, 7) is 3.65. The number of hydrogen-bond donors (Lipinski definition) is 2. The Hall–Kier alpha value is -2.93. The summed E-state index contributed by atoms with van der Waals surface area (Å²) in [5, 5.41) is 5.55. The Labute approximate surface area is 167 Å². The molecule has 3 heterocycles. The van der Waals surface area contributed by atoms with Gasteiger partial charge in [-0.1, -0.05) is 17.7 Å². The Morgan fingerprint density at radius 3 is 2.71 bits per heavy atom. The van der Waals surface area contributed by atoms with Crippen molar-refractivity contribution < 1.29 is 9.59 Å². The van der Waals surface area contributed by atoms with Crippen LogP contribution in [0.2, 0.25) is 0 Å². The van der Waals surface area contributed by atoms with Gasteiger partial charge < -0.3 is 15.2 Å². The van der Waals surface area contributed by atoms with Gasteiger partial charge in [0.2, 0.25) is 5.91 Å². The van der Waals surface area contributed by atoms with E-state index >= 15 is 0 Å². The van der Waals surface area contributed by atoms with Crippen molar-refractivity contribution in [3.05, 3.63) is 58.2 Å². The number of nitrogens with zero attached hydrogens (tertiary/aromatic N) is 2. The first-order valence-electron chi connectivity index (χ1n) is 9.37. The van der Waals surface area contributed by atoms with Crippen LogP contribution in [0.15, 0.2) is 41.9 Å². The van der Waals surface area contributed by atoms with E-state index in [0.717, 1.165) is 53.4 Å². The van der Waals surface area contributed by atoms with Crippen molar-refractivity contribution in [2.24, 2.45) is 0 Å². The number of hydrogen-bond acceptors (Lipinski definition) is 4. The number of aryl methyl sites for hydroxylation is 1. The zero-order valence-corrected chi connectivity index (χ0v) is 16.5. The van der Waals surface area contributed by atoms with E-state index in [1.54, 1.807) is 6.20 Å². The molecule has 2 N–H and O–H groups in total. The first kappa shape index (κ1) is 18.4. The van der Waals surface area contributed by atoms with E-state index in [2.05, 4.69) is 15.3 Å². The zero-order chi connectivity index (χ0) is 19.5. The van der Waals surface area contributed by atoms with E-state index in [9.17, 15) is 9.59 Å². The van der Waals surface area contributed by atoms with Crippen LogP contribution in [0.1, 0.15) is 33.9 Å². The van der Waals surface area contributed by atoms with Crippen molar-refractivity contribution in [3.63, 3.8) is 0 Å². The van der Waals surface area contributed by atoms with Crippen LogP contribution in [0.4, 0.5) is 5.69 Å². The van der Waals surface area contributed by atoms with E-state index in [4.69, 9.17) is 0 Å². The molecule has 1 saturated heterocycles. The number of likely N-dealkylation sites (tertiary alicyclic amines) is 1. The number of H-pyrrole nitrogens is 1. The fourth-order valence-corrected chi connectivity index (χ4v) is 4.06. The van der Waals surface area contributed by atoms with Crippen LogP contribution in [0.5, 0.6) is 0 Å². The molecule has 0 aliphatic carbocycles. The molecule has 1 aliphatic heterocycles. The van der Waals surface area contributed by atoms with Crippen LogP contribution >= 0.6 is 11.3 Å². The van der Waals surface area contributed by atoms with Gasteiger partial charge in [0.05, 0.1) is 12.1 Å². The summed E-state index contributed by atoms with van der Waals surface area (Å²) in [6.07, 6.45) is 4.16. The lowest BCUT2D eigenvalue weighted by Gasteiger charge is -2.13. The number of amides is 2. The first-order valence-corrected chi connectivity index (χ1v) is 10.3. The number of carbonyl (C=O) groups excluding carboxylic acids is 2. The molecule has 1 fully saturated rings. The Kier molecular flexibility index (Phi) is 5.25. The monoisotopic (exact) mass is 394 g/mol. The molecule has 1 aliphatic rings. The predicted octanol–water partition coefficient (Wildman–Crippen LogP) is 3.86. The number of aromatic nitrogens is 2. The highest BCUT2D eigenvalue weighted by Crippen LogP contribution is 2.24. The van der Waals surface area contributed by atoms with Crippen LogP contribution in [0.25, 0.3) is 11.3 Å². The summed E-state index contributed by atoms with van der Waals surface area (Å²) in [4.78, 5) is 34.2. The molecule has 2 aromatic heterocycles. The van der Waals surface area contributed by atoms with Gasteiger partial charge >= 0.3 is 0 Å². The maximum Gasteiger partial charge on any atom is 0.270 e. The topological polar surface area (TPSA) is 78.1 Å². The summed E-state index contributed by atoms with van der Waals surface area (Å²) >= 11 is 1.45. The summed E-state index contributed by atoms with van der Waals surface area (Å²) in [6, 6.07) is 9.54. The Balaban J connectivity index is 1.39. The third-order valence-corrected chi connectivity index (χ3v) is 5.65. The normalized spacial score (nSPS) is 13.7. The second-order valence-corrected chi connectivity index (χ2v) is 7.96. The van der Waals surface area contributed by atoms with Crippen molar-refractivity contribution in [2.75, 3.05) is 18.4 Å². The molecule has 0 saturated carbocycles. The minimum Gasteiger partial charge on any atom is -0.357 e. The summed E-state index contributed by atoms with van der Waals surface area (Å²) in [7, 11) is 0. The number of aromatic amines is 1. The fourth-order valence-electron chi connectivity index (χ4n) is 3.26. The molecule has 2 amide bonds. The van der Waals surface area contributed by atoms with Crippen molar-refractivity contribution in [2.45, 2.75) is 26.2 Å². The molecule has 3 aromatic rings. The van der Waals surface area contributed by atoms with Gasteiger partial charge in [0.1, 0.15) is 10.7 Å². The van der Waals surface area contributed by atoms with E-state index in [-0.39, 0.29) is 18.2 Å². The van der Waals surface area contributed by atoms with Gasteiger partial charge in [-0.25, -0.2) is 4.98 Å².